The first-order chi connectivity index (χ1) is 11.7. The number of carbonyl (C=O) groups is 2. The number of hydrogen-bond donors (Lipinski definition) is 0. The summed E-state index contributed by atoms with van der Waals surface area (Å²) < 4.78 is 21.0. The van der Waals surface area contributed by atoms with Crippen molar-refractivity contribution in [2.75, 3.05) is 7.11 Å². The molecule has 0 aliphatic heterocycles. The molecule has 0 aliphatic rings. The van der Waals surface area contributed by atoms with Crippen molar-refractivity contribution in [1.82, 2.24) is 4.57 Å². The van der Waals surface area contributed by atoms with Crippen LogP contribution in [0, 0.1) is 5.82 Å². The average molecular weight is 323 g/mol. The predicted molar refractivity (Wildman–Crippen MR) is 88.5 cm³/mol. The van der Waals surface area contributed by atoms with Gasteiger partial charge in [-0.1, -0.05) is 12.1 Å². The summed E-state index contributed by atoms with van der Waals surface area (Å²) in [4.78, 5) is 22.9. The molecule has 1 aromatic heterocycles. The van der Waals surface area contributed by atoms with Gasteiger partial charge >= 0.3 is 0 Å². The van der Waals surface area contributed by atoms with Crippen LogP contribution in [0.3, 0.4) is 0 Å². The first-order valence-corrected chi connectivity index (χ1v) is 7.25. The van der Waals surface area contributed by atoms with Gasteiger partial charge in [0.1, 0.15) is 11.6 Å². The lowest BCUT2D eigenvalue weighted by molar-refractivity contribution is 0.111. The van der Waals surface area contributed by atoms with Gasteiger partial charge in [0.2, 0.25) is 0 Å². The maximum absolute atomic E-state index is 14.3. The second-order valence-corrected chi connectivity index (χ2v) is 5.12. The fourth-order valence-electron chi connectivity index (χ4n) is 2.67. The van der Waals surface area contributed by atoms with Crippen LogP contribution in [0.1, 0.15) is 20.8 Å². The highest BCUT2D eigenvalue weighted by Crippen LogP contribution is 2.32. The average Bonchev–Trinajstić information content (AvgIpc) is 3.00. The van der Waals surface area contributed by atoms with E-state index in [0.717, 1.165) is 0 Å². The van der Waals surface area contributed by atoms with Crippen molar-refractivity contribution in [3.63, 3.8) is 0 Å². The van der Waals surface area contributed by atoms with Gasteiger partial charge in [0, 0.05) is 16.8 Å². The number of benzene rings is 2. The minimum absolute atomic E-state index is 0.248. The molecule has 0 unspecified atom stereocenters. The van der Waals surface area contributed by atoms with Crippen molar-refractivity contribution in [3.05, 3.63) is 71.7 Å². The molecule has 0 saturated carbocycles. The largest absolute Gasteiger partial charge is 0.497 e. The lowest BCUT2D eigenvalue weighted by Gasteiger charge is -2.13. The number of halogens is 1. The lowest BCUT2D eigenvalue weighted by Crippen LogP contribution is -2.03. The number of carbonyl (C=O) groups excluding carboxylic acids is 2. The Morgan fingerprint density at radius 1 is 1.00 bits per heavy atom. The number of aldehydes is 2. The molecule has 0 saturated heterocycles. The van der Waals surface area contributed by atoms with E-state index in [2.05, 4.69) is 0 Å². The Balaban J connectivity index is 2.31. The summed E-state index contributed by atoms with van der Waals surface area (Å²) in [5.74, 6) is 0.188. The molecule has 0 fully saturated rings. The van der Waals surface area contributed by atoms with Crippen LogP contribution in [0.2, 0.25) is 0 Å². The topological polar surface area (TPSA) is 48.3 Å². The summed E-state index contributed by atoms with van der Waals surface area (Å²) in [6.07, 6.45) is 1.26. The smallest absolute Gasteiger partial charge is 0.166 e. The maximum atomic E-state index is 14.3. The zero-order chi connectivity index (χ0) is 17.1. The number of aromatic nitrogens is 1. The minimum atomic E-state index is -0.467. The van der Waals surface area contributed by atoms with Crippen LogP contribution in [0.4, 0.5) is 4.39 Å². The van der Waals surface area contributed by atoms with E-state index in [1.165, 1.54) is 12.1 Å². The third-order valence-corrected chi connectivity index (χ3v) is 3.77. The number of methoxy groups -OCH3 is 1. The summed E-state index contributed by atoms with van der Waals surface area (Å²) in [6, 6.07) is 14.5. The second-order valence-electron chi connectivity index (χ2n) is 5.12. The van der Waals surface area contributed by atoms with Crippen molar-refractivity contribution in [1.29, 1.82) is 0 Å². The number of ether oxygens (including phenoxy) is 1. The number of hydrogen-bond acceptors (Lipinski definition) is 3. The molecule has 0 aliphatic carbocycles. The molecule has 4 nitrogen and oxygen atoms in total. The van der Waals surface area contributed by atoms with Gasteiger partial charge in [0.25, 0.3) is 0 Å². The monoisotopic (exact) mass is 323 g/mol. The van der Waals surface area contributed by atoms with Crippen LogP contribution in [0.15, 0.2) is 54.6 Å². The van der Waals surface area contributed by atoms with E-state index in [1.54, 1.807) is 54.1 Å². The third-order valence-electron chi connectivity index (χ3n) is 3.77. The fraction of sp³-hybridized carbons (Fsp3) is 0.0526. The highest BCUT2D eigenvalue weighted by molar-refractivity contribution is 5.92. The van der Waals surface area contributed by atoms with E-state index in [0.29, 0.717) is 29.7 Å². The summed E-state index contributed by atoms with van der Waals surface area (Å²) >= 11 is 0. The van der Waals surface area contributed by atoms with Crippen molar-refractivity contribution < 1.29 is 18.7 Å². The first-order valence-electron chi connectivity index (χ1n) is 7.25. The van der Waals surface area contributed by atoms with E-state index in [4.69, 9.17) is 4.74 Å². The molecule has 0 radical (unpaired) electrons. The van der Waals surface area contributed by atoms with E-state index < -0.39 is 5.82 Å². The molecule has 0 amide bonds. The van der Waals surface area contributed by atoms with Crippen molar-refractivity contribution in [2.24, 2.45) is 0 Å². The fourth-order valence-corrected chi connectivity index (χ4v) is 2.67. The van der Waals surface area contributed by atoms with E-state index in [-0.39, 0.29) is 16.8 Å². The van der Waals surface area contributed by atoms with Gasteiger partial charge in [-0.2, -0.15) is 0 Å². The van der Waals surface area contributed by atoms with Crippen molar-refractivity contribution >= 4 is 12.6 Å². The summed E-state index contributed by atoms with van der Waals surface area (Å²) in [5, 5.41) is 0. The van der Waals surface area contributed by atoms with Gasteiger partial charge in [-0.25, -0.2) is 4.39 Å². The molecule has 1 heterocycles. The Bertz CT molecular complexity index is 897. The SMILES string of the molecule is COc1ccc(-n2c(C=O)cc(C=O)c2-c2ccccc2F)cc1. The molecular weight excluding hydrogens is 309 g/mol. The Kier molecular flexibility index (Phi) is 4.24. The van der Waals surface area contributed by atoms with Gasteiger partial charge in [-0.05, 0) is 42.5 Å². The Hall–Kier alpha value is -3.21. The minimum Gasteiger partial charge on any atom is -0.497 e. The van der Waals surface area contributed by atoms with Crippen LogP contribution < -0.4 is 4.74 Å². The quantitative estimate of drug-likeness (QED) is 0.669. The van der Waals surface area contributed by atoms with Crippen LogP contribution in [0.25, 0.3) is 16.9 Å². The number of rotatable bonds is 5. The molecule has 5 heteroatoms. The molecule has 3 aromatic rings. The summed E-state index contributed by atoms with van der Waals surface area (Å²) in [6.45, 7) is 0. The predicted octanol–water partition coefficient (Wildman–Crippen LogP) is 3.92. The zero-order valence-electron chi connectivity index (χ0n) is 12.9. The molecule has 3 rings (SSSR count). The molecule has 120 valence electrons. The van der Waals surface area contributed by atoms with Gasteiger partial charge in [-0.3, -0.25) is 9.59 Å². The zero-order valence-corrected chi connectivity index (χ0v) is 12.9. The number of nitrogens with zero attached hydrogens (tertiary/aromatic N) is 1. The normalized spacial score (nSPS) is 10.4. The highest BCUT2D eigenvalue weighted by atomic mass is 19.1. The van der Waals surface area contributed by atoms with Crippen LogP contribution >= 0.6 is 0 Å². The Morgan fingerprint density at radius 2 is 1.71 bits per heavy atom. The summed E-state index contributed by atoms with van der Waals surface area (Å²) in [7, 11) is 1.55. The summed E-state index contributed by atoms with van der Waals surface area (Å²) in [5.41, 5.74) is 1.74. The van der Waals surface area contributed by atoms with Crippen molar-refractivity contribution in [2.45, 2.75) is 0 Å². The van der Waals surface area contributed by atoms with Crippen molar-refractivity contribution in [3.8, 4) is 22.7 Å². The molecule has 0 spiro atoms. The molecular formula is C19H14FNO3. The van der Waals surface area contributed by atoms with Gasteiger partial charge in [0.15, 0.2) is 12.6 Å². The van der Waals surface area contributed by atoms with Gasteiger partial charge in [0.05, 0.1) is 18.5 Å². The maximum Gasteiger partial charge on any atom is 0.166 e. The lowest BCUT2D eigenvalue weighted by atomic mass is 10.1. The van der Waals surface area contributed by atoms with Crippen LogP contribution in [-0.2, 0) is 0 Å². The molecule has 24 heavy (non-hydrogen) atoms. The van der Waals surface area contributed by atoms with E-state index in [1.807, 2.05) is 0 Å². The Morgan fingerprint density at radius 3 is 2.29 bits per heavy atom. The van der Waals surface area contributed by atoms with Crippen LogP contribution in [-0.4, -0.2) is 24.2 Å². The molecule has 0 atom stereocenters. The van der Waals surface area contributed by atoms with Gasteiger partial charge in [-0.15, -0.1) is 0 Å². The standard InChI is InChI=1S/C19H14FNO3/c1-24-16-8-6-14(7-9-16)21-15(12-23)10-13(11-22)19(21)17-4-2-3-5-18(17)20/h2-12H,1H3. The van der Waals surface area contributed by atoms with Gasteiger partial charge < -0.3 is 9.30 Å². The third kappa shape index (κ3) is 2.60. The second kappa shape index (κ2) is 6.50. The molecule has 0 N–H and O–H groups in total. The Labute approximate surface area is 138 Å². The first kappa shape index (κ1) is 15.7. The highest BCUT2D eigenvalue weighted by Gasteiger charge is 2.20. The van der Waals surface area contributed by atoms with E-state index >= 15 is 0 Å². The molecule has 2 aromatic carbocycles. The van der Waals surface area contributed by atoms with E-state index in [9.17, 15) is 14.0 Å². The molecule has 0 bridgehead atoms. The van der Waals surface area contributed by atoms with Crippen LogP contribution in [0.5, 0.6) is 5.75 Å².